The third-order valence-corrected chi connectivity index (χ3v) is 3.39. The number of benzene rings is 1. The molecule has 0 spiro atoms. The number of hydrogen-bond acceptors (Lipinski definition) is 3. The third-order valence-electron chi connectivity index (χ3n) is 3.39. The van der Waals surface area contributed by atoms with Crippen LogP contribution in [0.25, 0.3) is 0 Å². The molecule has 1 rings (SSSR count). The molecule has 21 heavy (non-hydrogen) atoms. The molecule has 0 fully saturated rings. The Hall–Kier alpha value is -1.88. The van der Waals surface area contributed by atoms with Gasteiger partial charge in [-0.2, -0.15) is 0 Å². The van der Waals surface area contributed by atoms with E-state index in [0.717, 1.165) is 5.56 Å². The zero-order chi connectivity index (χ0) is 16.0. The summed E-state index contributed by atoms with van der Waals surface area (Å²) in [5.74, 6) is -0.514. The van der Waals surface area contributed by atoms with E-state index in [1.54, 1.807) is 0 Å². The molecule has 1 aromatic rings. The van der Waals surface area contributed by atoms with Crippen molar-refractivity contribution in [2.75, 3.05) is 6.54 Å². The van der Waals surface area contributed by atoms with Crippen LogP contribution in [0.5, 0.6) is 0 Å². The first-order valence-corrected chi connectivity index (χ1v) is 7.14. The monoisotopic (exact) mass is 291 g/mol. The van der Waals surface area contributed by atoms with Crippen LogP contribution < -0.4 is 16.4 Å². The Morgan fingerprint density at radius 3 is 2.29 bits per heavy atom. The van der Waals surface area contributed by atoms with Gasteiger partial charge in [-0.25, -0.2) is 0 Å². The maximum absolute atomic E-state index is 12.0. The second-order valence-corrected chi connectivity index (χ2v) is 6.03. The summed E-state index contributed by atoms with van der Waals surface area (Å²) in [6.45, 7) is 7.49. The van der Waals surface area contributed by atoms with Gasteiger partial charge in [-0.3, -0.25) is 9.59 Å². The Bertz CT molecular complexity index is 484. The van der Waals surface area contributed by atoms with Crippen LogP contribution in [0.2, 0.25) is 0 Å². The maximum Gasteiger partial charge on any atom is 0.240 e. The molecule has 0 heterocycles. The highest BCUT2D eigenvalue weighted by Crippen LogP contribution is 2.18. The van der Waals surface area contributed by atoms with E-state index in [4.69, 9.17) is 5.73 Å². The van der Waals surface area contributed by atoms with Crippen LogP contribution in [-0.2, 0) is 15.1 Å². The van der Waals surface area contributed by atoms with Crippen LogP contribution >= 0.6 is 0 Å². The summed E-state index contributed by atoms with van der Waals surface area (Å²) in [6.07, 6.45) is 0. The van der Waals surface area contributed by atoms with Gasteiger partial charge in [0.25, 0.3) is 0 Å². The summed E-state index contributed by atoms with van der Waals surface area (Å²) < 4.78 is 0. The molecule has 0 bridgehead atoms. The Labute approximate surface area is 126 Å². The van der Waals surface area contributed by atoms with Gasteiger partial charge in [0.1, 0.15) is 0 Å². The lowest BCUT2D eigenvalue weighted by Gasteiger charge is -2.27. The third kappa shape index (κ3) is 5.19. The van der Waals surface area contributed by atoms with E-state index in [9.17, 15) is 9.59 Å². The first kappa shape index (κ1) is 17.2. The van der Waals surface area contributed by atoms with Gasteiger partial charge in [0, 0.05) is 0 Å². The Kier molecular flexibility index (Phi) is 5.90. The normalized spacial score (nSPS) is 12.9. The standard InChI is InChI=1S/C16H25N3O2/c1-11(2)14(17)15(21)18-10-13(20)19-16(3,4)12-8-6-5-7-9-12/h5-9,11,14H,10,17H2,1-4H3,(H,18,21)(H,19,20)/t14-/m0/s1. The molecule has 5 nitrogen and oxygen atoms in total. The van der Waals surface area contributed by atoms with E-state index >= 15 is 0 Å². The van der Waals surface area contributed by atoms with Crippen molar-refractivity contribution >= 4 is 11.8 Å². The van der Waals surface area contributed by atoms with Crippen molar-refractivity contribution in [3.8, 4) is 0 Å². The zero-order valence-electron chi connectivity index (χ0n) is 13.1. The van der Waals surface area contributed by atoms with Crippen molar-refractivity contribution in [2.45, 2.75) is 39.3 Å². The number of nitrogens with two attached hydrogens (primary N) is 1. The summed E-state index contributed by atoms with van der Waals surface area (Å²) in [7, 11) is 0. The summed E-state index contributed by atoms with van der Waals surface area (Å²) in [4.78, 5) is 23.7. The summed E-state index contributed by atoms with van der Waals surface area (Å²) in [6, 6.07) is 9.08. The van der Waals surface area contributed by atoms with Crippen LogP contribution in [0.1, 0.15) is 33.3 Å². The number of carbonyl (C=O) groups excluding carboxylic acids is 2. The average Bonchev–Trinajstić information content (AvgIpc) is 2.44. The molecular formula is C16H25N3O2. The van der Waals surface area contributed by atoms with E-state index in [1.807, 2.05) is 58.0 Å². The van der Waals surface area contributed by atoms with Crippen molar-refractivity contribution < 1.29 is 9.59 Å². The number of hydrogen-bond donors (Lipinski definition) is 3. The van der Waals surface area contributed by atoms with Gasteiger partial charge in [-0.15, -0.1) is 0 Å². The largest absolute Gasteiger partial charge is 0.346 e. The number of nitrogens with one attached hydrogen (secondary N) is 2. The average molecular weight is 291 g/mol. The molecule has 0 unspecified atom stereocenters. The molecule has 1 atom stereocenters. The molecule has 2 amide bonds. The Balaban J connectivity index is 2.52. The van der Waals surface area contributed by atoms with Gasteiger partial charge in [0.15, 0.2) is 0 Å². The van der Waals surface area contributed by atoms with Crippen molar-refractivity contribution in [2.24, 2.45) is 11.7 Å². The first-order valence-electron chi connectivity index (χ1n) is 7.14. The van der Waals surface area contributed by atoms with Crippen molar-refractivity contribution in [3.05, 3.63) is 35.9 Å². The number of amides is 2. The van der Waals surface area contributed by atoms with Crippen LogP contribution in [0.4, 0.5) is 0 Å². The molecule has 116 valence electrons. The molecular weight excluding hydrogens is 266 g/mol. The highest BCUT2D eigenvalue weighted by atomic mass is 16.2. The highest BCUT2D eigenvalue weighted by molar-refractivity contribution is 5.87. The van der Waals surface area contributed by atoms with E-state index < -0.39 is 11.6 Å². The quantitative estimate of drug-likeness (QED) is 0.735. The molecule has 1 aromatic carbocycles. The second-order valence-electron chi connectivity index (χ2n) is 6.03. The van der Waals surface area contributed by atoms with Gasteiger partial charge < -0.3 is 16.4 Å². The fraction of sp³-hybridized carbons (Fsp3) is 0.500. The van der Waals surface area contributed by atoms with E-state index in [-0.39, 0.29) is 24.3 Å². The molecule has 4 N–H and O–H groups in total. The van der Waals surface area contributed by atoms with Crippen molar-refractivity contribution in [1.29, 1.82) is 0 Å². The van der Waals surface area contributed by atoms with Gasteiger partial charge in [-0.1, -0.05) is 44.2 Å². The highest BCUT2D eigenvalue weighted by Gasteiger charge is 2.23. The zero-order valence-corrected chi connectivity index (χ0v) is 13.1. The number of carbonyl (C=O) groups is 2. The summed E-state index contributed by atoms with van der Waals surface area (Å²) in [5, 5.41) is 5.46. The van der Waals surface area contributed by atoms with Crippen LogP contribution in [-0.4, -0.2) is 24.4 Å². The second kappa shape index (κ2) is 7.22. The lowest BCUT2D eigenvalue weighted by atomic mass is 9.94. The molecule has 5 heteroatoms. The van der Waals surface area contributed by atoms with Crippen molar-refractivity contribution in [3.63, 3.8) is 0 Å². The van der Waals surface area contributed by atoms with Gasteiger partial charge in [0.2, 0.25) is 11.8 Å². The number of rotatable bonds is 6. The topological polar surface area (TPSA) is 84.2 Å². The predicted octanol–water partition coefficient (Wildman–Crippen LogP) is 1.14. The molecule has 0 aliphatic heterocycles. The van der Waals surface area contributed by atoms with Gasteiger partial charge in [-0.05, 0) is 25.3 Å². The lowest BCUT2D eigenvalue weighted by Crippen LogP contribution is -2.50. The minimum atomic E-state index is -0.597. The first-order chi connectivity index (χ1) is 9.74. The predicted molar refractivity (Wildman–Crippen MR) is 83.4 cm³/mol. The van der Waals surface area contributed by atoms with E-state index in [0.29, 0.717) is 0 Å². The lowest BCUT2D eigenvalue weighted by molar-refractivity contribution is -0.128. The van der Waals surface area contributed by atoms with Gasteiger partial charge in [0.05, 0.1) is 18.1 Å². The molecule has 0 radical (unpaired) electrons. The molecule has 0 aliphatic carbocycles. The molecule has 0 saturated carbocycles. The van der Waals surface area contributed by atoms with Crippen LogP contribution in [0.3, 0.4) is 0 Å². The minimum Gasteiger partial charge on any atom is -0.346 e. The molecule has 0 aliphatic rings. The van der Waals surface area contributed by atoms with Crippen LogP contribution in [0, 0.1) is 5.92 Å². The van der Waals surface area contributed by atoms with E-state index in [2.05, 4.69) is 10.6 Å². The Morgan fingerprint density at radius 1 is 1.19 bits per heavy atom. The summed E-state index contributed by atoms with van der Waals surface area (Å²) >= 11 is 0. The summed E-state index contributed by atoms with van der Waals surface area (Å²) in [5.41, 5.74) is 6.23. The Morgan fingerprint density at radius 2 is 1.76 bits per heavy atom. The minimum absolute atomic E-state index is 0.0359. The SMILES string of the molecule is CC(C)[C@H](N)C(=O)NCC(=O)NC(C)(C)c1ccccc1. The smallest absolute Gasteiger partial charge is 0.240 e. The molecule has 0 saturated heterocycles. The maximum atomic E-state index is 12.0. The fourth-order valence-electron chi connectivity index (χ4n) is 1.91. The van der Waals surface area contributed by atoms with Crippen molar-refractivity contribution in [1.82, 2.24) is 10.6 Å². The van der Waals surface area contributed by atoms with E-state index in [1.165, 1.54) is 0 Å². The van der Waals surface area contributed by atoms with Crippen LogP contribution in [0.15, 0.2) is 30.3 Å². The van der Waals surface area contributed by atoms with Gasteiger partial charge >= 0.3 is 0 Å². The molecule has 0 aromatic heterocycles. The fourth-order valence-corrected chi connectivity index (χ4v) is 1.91.